The topological polar surface area (TPSA) is 51.6 Å². The van der Waals surface area contributed by atoms with Crippen molar-refractivity contribution in [2.75, 3.05) is 0 Å². The van der Waals surface area contributed by atoms with Crippen LogP contribution < -0.4 is 0 Å². The minimum atomic E-state index is 0.751. The predicted molar refractivity (Wildman–Crippen MR) is 96.5 cm³/mol. The zero-order chi connectivity index (χ0) is 16.8. The lowest BCUT2D eigenvalue weighted by atomic mass is 10.1. The maximum Gasteiger partial charge on any atom is 0.159 e. The van der Waals surface area contributed by atoms with Crippen LogP contribution in [0.1, 0.15) is 37.8 Å². The molecule has 0 unspecified atom stereocenters. The van der Waals surface area contributed by atoms with Gasteiger partial charge in [-0.1, -0.05) is 51.0 Å². The molecule has 24 heavy (non-hydrogen) atoms. The Labute approximate surface area is 143 Å². The summed E-state index contributed by atoms with van der Waals surface area (Å²) >= 11 is 0. The molecule has 0 fully saturated rings. The molecule has 1 aromatic carbocycles. The van der Waals surface area contributed by atoms with Crippen LogP contribution in [0.15, 0.2) is 49.1 Å². The van der Waals surface area contributed by atoms with E-state index in [1.807, 2.05) is 49.1 Å². The Morgan fingerprint density at radius 3 is 1.21 bits per heavy atom. The van der Waals surface area contributed by atoms with Crippen LogP contribution in [0.2, 0.25) is 0 Å². The lowest BCUT2D eigenvalue weighted by molar-refractivity contribution is 0.902. The summed E-state index contributed by atoms with van der Waals surface area (Å²) in [5.41, 5.74) is 4.37. The molecule has 0 atom stereocenters. The number of aromatic nitrogens is 4. The molecule has 0 N–H and O–H groups in total. The van der Waals surface area contributed by atoms with Crippen LogP contribution in [-0.4, -0.2) is 19.9 Å². The van der Waals surface area contributed by atoms with Gasteiger partial charge in [0.1, 0.15) is 0 Å². The molecule has 0 aliphatic carbocycles. The lowest BCUT2D eigenvalue weighted by Gasteiger charge is -2.04. The minimum absolute atomic E-state index is 0.751. The molecule has 0 aliphatic heterocycles. The molecule has 4 nitrogen and oxygen atoms in total. The number of hydrogen-bond acceptors (Lipinski definition) is 4. The van der Waals surface area contributed by atoms with Crippen LogP contribution >= 0.6 is 0 Å². The van der Waals surface area contributed by atoms with Gasteiger partial charge in [-0.3, -0.25) is 0 Å². The molecule has 0 radical (unpaired) electrons. The molecule has 3 rings (SSSR count). The van der Waals surface area contributed by atoms with Crippen molar-refractivity contribution < 1.29 is 0 Å². The fourth-order valence-electron chi connectivity index (χ4n) is 2.61. The van der Waals surface area contributed by atoms with Gasteiger partial charge < -0.3 is 0 Å². The summed E-state index contributed by atoms with van der Waals surface area (Å²) in [4.78, 5) is 17.8. The van der Waals surface area contributed by atoms with Crippen LogP contribution in [0.4, 0.5) is 0 Å². The Morgan fingerprint density at radius 1 is 0.583 bits per heavy atom. The standard InChI is InChI=1S/C20H22N4/c1-3-5-15-11-21-19(22-12-15)17-7-9-18(10-8-17)20-23-13-16(6-4-2)14-24-20/h7-14H,3-6H2,1-2H3. The molecule has 0 bridgehead atoms. The van der Waals surface area contributed by atoms with Crippen molar-refractivity contribution in [3.63, 3.8) is 0 Å². The zero-order valence-corrected chi connectivity index (χ0v) is 14.2. The molecule has 2 aromatic heterocycles. The van der Waals surface area contributed by atoms with E-state index in [2.05, 4.69) is 33.8 Å². The molecule has 0 spiro atoms. The number of hydrogen-bond donors (Lipinski definition) is 0. The summed E-state index contributed by atoms with van der Waals surface area (Å²) in [5, 5.41) is 0. The van der Waals surface area contributed by atoms with E-state index in [9.17, 15) is 0 Å². The van der Waals surface area contributed by atoms with E-state index in [0.717, 1.165) is 48.5 Å². The predicted octanol–water partition coefficient (Wildman–Crippen LogP) is 4.51. The summed E-state index contributed by atoms with van der Waals surface area (Å²) in [7, 11) is 0. The summed E-state index contributed by atoms with van der Waals surface area (Å²) in [6.45, 7) is 4.31. The second kappa shape index (κ2) is 7.77. The van der Waals surface area contributed by atoms with Gasteiger partial charge in [-0.2, -0.15) is 0 Å². The number of benzene rings is 1. The molecular weight excluding hydrogens is 296 g/mol. The Bertz CT molecular complexity index is 694. The van der Waals surface area contributed by atoms with Crippen LogP contribution in [0.25, 0.3) is 22.8 Å². The fourth-order valence-corrected chi connectivity index (χ4v) is 2.61. The summed E-state index contributed by atoms with van der Waals surface area (Å²) in [5.74, 6) is 1.50. The maximum atomic E-state index is 4.46. The van der Waals surface area contributed by atoms with Crippen molar-refractivity contribution >= 4 is 0 Å². The average Bonchev–Trinajstić information content (AvgIpc) is 2.64. The molecular formula is C20H22N4. The third-order valence-corrected chi connectivity index (χ3v) is 3.89. The first-order valence-corrected chi connectivity index (χ1v) is 8.52. The fraction of sp³-hybridized carbons (Fsp3) is 0.300. The highest BCUT2D eigenvalue weighted by molar-refractivity contribution is 5.62. The number of aryl methyl sites for hydroxylation is 2. The Kier molecular flexibility index (Phi) is 5.26. The molecule has 0 saturated carbocycles. The van der Waals surface area contributed by atoms with Crippen molar-refractivity contribution in [1.82, 2.24) is 19.9 Å². The monoisotopic (exact) mass is 318 g/mol. The highest BCUT2D eigenvalue weighted by Gasteiger charge is 2.05. The highest BCUT2D eigenvalue weighted by atomic mass is 14.9. The van der Waals surface area contributed by atoms with Crippen molar-refractivity contribution in [2.24, 2.45) is 0 Å². The first-order chi connectivity index (χ1) is 11.8. The second-order valence-corrected chi connectivity index (χ2v) is 5.91. The van der Waals surface area contributed by atoms with E-state index in [1.54, 1.807) is 0 Å². The lowest BCUT2D eigenvalue weighted by Crippen LogP contribution is -1.94. The van der Waals surface area contributed by atoms with Crippen LogP contribution in [0.5, 0.6) is 0 Å². The largest absolute Gasteiger partial charge is 0.236 e. The Balaban J connectivity index is 1.77. The Hall–Kier alpha value is -2.62. The van der Waals surface area contributed by atoms with Crippen molar-refractivity contribution in [2.45, 2.75) is 39.5 Å². The minimum Gasteiger partial charge on any atom is -0.236 e. The quantitative estimate of drug-likeness (QED) is 0.671. The van der Waals surface area contributed by atoms with E-state index in [1.165, 1.54) is 11.1 Å². The van der Waals surface area contributed by atoms with E-state index >= 15 is 0 Å². The highest BCUT2D eigenvalue weighted by Crippen LogP contribution is 2.20. The zero-order valence-electron chi connectivity index (χ0n) is 14.2. The van der Waals surface area contributed by atoms with E-state index in [4.69, 9.17) is 0 Å². The third-order valence-electron chi connectivity index (χ3n) is 3.89. The molecule has 0 amide bonds. The van der Waals surface area contributed by atoms with Gasteiger partial charge in [-0.25, -0.2) is 19.9 Å². The number of nitrogens with zero attached hydrogens (tertiary/aromatic N) is 4. The van der Waals surface area contributed by atoms with Gasteiger partial charge in [-0.05, 0) is 24.0 Å². The van der Waals surface area contributed by atoms with Gasteiger partial charge in [-0.15, -0.1) is 0 Å². The van der Waals surface area contributed by atoms with Crippen LogP contribution in [0.3, 0.4) is 0 Å². The van der Waals surface area contributed by atoms with E-state index < -0.39 is 0 Å². The van der Waals surface area contributed by atoms with Crippen molar-refractivity contribution in [3.8, 4) is 22.8 Å². The number of rotatable bonds is 6. The molecule has 3 aromatic rings. The van der Waals surface area contributed by atoms with Crippen molar-refractivity contribution in [1.29, 1.82) is 0 Å². The summed E-state index contributed by atoms with van der Waals surface area (Å²) in [6, 6.07) is 8.09. The first-order valence-electron chi connectivity index (χ1n) is 8.52. The van der Waals surface area contributed by atoms with Crippen LogP contribution in [-0.2, 0) is 12.8 Å². The van der Waals surface area contributed by atoms with Gasteiger partial charge >= 0.3 is 0 Å². The molecule has 0 saturated heterocycles. The normalized spacial score (nSPS) is 10.8. The average molecular weight is 318 g/mol. The van der Waals surface area contributed by atoms with Gasteiger partial charge in [0, 0.05) is 35.9 Å². The molecule has 0 aliphatic rings. The van der Waals surface area contributed by atoms with Gasteiger partial charge in [0.05, 0.1) is 0 Å². The maximum absolute atomic E-state index is 4.46. The van der Waals surface area contributed by atoms with Crippen molar-refractivity contribution in [3.05, 3.63) is 60.2 Å². The molecule has 2 heterocycles. The summed E-state index contributed by atoms with van der Waals surface area (Å²) in [6.07, 6.45) is 11.9. The molecule has 122 valence electrons. The third kappa shape index (κ3) is 3.82. The van der Waals surface area contributed by atoms with Crippen LogP contribution in [0, 0.1) is 0 Å². The Morgan fingerprint density at radius 2 is 0.917 bits per heavy atom. The second-order valence-electron chi connectivity index (χ2n) is 5.91. The van der Waals surface area contributed by atoms with E-state index in [0.29, 0.717) is 0 Å². The summed E-state index contributed by atoms with van der Waals surface area (Å²) < 4.78 is 0. The van der Waals surface area contributed by atoms with Gasteiger partial charge in [0.15, 0.2) is 11.6 Å². The van der Waals surface area contributed by atoms with Gasteiger partial charge in [0.25, 0.3) is 0 Å². The SMILES string of the molecule is CCCc1cnc(-c2ccc(-c3ncc(CCC)cn3)cc2)nc1. The first kappa shape index (κ1) is 16.2. The van der Waals surface area contributed by atoms with Gasteiger partial charge in [0.2, 0.25) is 0 Å². The molecule has 4 heteroatoms. The van der Waals surface area contributed by atoms with E-state index in [-0.39, 0.29) is 0 Å². The smallest absolute Gasteiger partial charge is 0.159 e.